The molecule has 0 bridgehead atoms. The first-order chi connectivity index (χ1) is 11.8. The molecule has 0 unspecified atom stereocenters. The Labute approximate surface area is 170 Å². The van der Waals surface area contributed by atoms with Gasteiger partial charge in [-0.2, -0.15) is 0 Å². The smallest absolute Gasteiger partial charge is 0.249 e. The van der Waals surface area contributed by atoms with Crippen LogP contribution < -0.4 is 5.32 Å². The lowest BCUT2D eigenvalue weighted by Crippen LogP contribution is -2.37. The number of hydrogen-bond acceptors (Lipinski definition) is 4. The van der Waals surface area contributed by atoms with Crippen LogP contribution in [0, 0.1) is 0 Å². The van der Waals surface area contributed by atoms with Crippen LogP contribution in [-0.4, -0.2) is 33.9 Å². The molecule has 2 rings (SSSR count). The number of phenols is 2. The topological polar surface area (TPSA) is 89.8 Å². The number of nitrogens with one attached hydrogen (secondary N) is 1. The molecular weight excluding hydrogens is 522 g/mol. The number of benzene rings is 2. The van der Waals surface area contributed by atoms with Crippen molar-refractivity contribution in [2.75, 3.05) is 6.54 Å². The van der Waals surface area contributed by atoms with Crippen LogP contribution in [-0.2, 0) is 17.6 Å². The molecule has 134 valence electrons. The van der Waals surface area contributed by atoms with Gasteiger partial charge in [-0.1, -0.05) is 6.07 Å². The van der Waals surface area contributed by atoms with Gasteiger partial charge in [0.15, 0.2) is 0 Å². The molecule has 0 aliphatic carbocycles. The molecule has 0 heterocycles. The van der Waals surface area contributed by atoms with Gasteiger partial charge in [-0.15, -0.1) is 0 Å². The van der Waals surface area contributed by atoms with Crippen LogP contribution >= 0.6 is 47.8 Å². The van der Waals surface area contributed by atoms with Gasteiger partial charge in [0.05, 0.1) is 13.4 Å². The number of hydrogen-bond donors (Lipinski definition) is 4. The van der Waals surface area contributed by atoms with Gasteiger partial charge in [0.25, 0.3) is 0 Å². The molecule has 25 heavy (non-hydrogen) atoms. The fourth-order valence-corrected chi connectivity index (χ4v) is 3.91. The average Bonchev–Trinajstić information content (AvgIpc) is 2.55. The SMILES string of the molecule is O=C(NCCc1cc(Br)c(O)c(Br)c1)[C@@H](O)Cc1ccc(O)c(Br)c1. The van der Waals surface area contributed by atoms with Crippen molar-refractivity contribution in [2.45, 2.75) is 18.9 Å². The molecule has 0 aromatic heterocycles. The third kappa shape index (κ3) is 5.70. The Bertz CT molecular complexity index is 759. The molecule has 0 saturated carbocycles. The summed E-state index contributed by atoms with van der Waals surface area (Å²) in [4.78, 5) is 12.0. The van der Waals surface area contributed by atoms with Gasteiger partial charge >= 0.3 is 0 Å². The number of aliphatic hydroxyl groups is 1. The third-order valence-corrected chi connectivity index (χ3v) is 5.38. The fraction of sp³-hybridized carbons (Fsp3) is 0.235. The van der Waals surface area contributed by atoms with Gasteiger partial charge in [-0.3, -0.25) is 4.79 Å². The van der Waals surface area contributed by atoms with E-state index in [0.717, 1.165) is 11.1 Å². The largest absolute Gasteiger partial charge is 0.507 e. The number of rotatable bonds is 6. The minimum atomic E-state index is -1.17. The highest BCUT2D eigenvalue weighted by molar-refractivity contribution is 9.11. The molecule has 8 heteroatoms. The van der Waals surface area contributed by atoms with Crippen molar-refractivity contribution in [3.05, 3.63) is 54.9 Å². The van der Waals surface area contributed by atoms with E-state index in [1.165, 1.54) is 6.07 Å². The van der Waals surface area contributed by atoms with Gasteiger partial charge in [-0.05, 0) is 89.6 Å². The lowest BCUT2D eigenvalue weighted by atomic mass is 10.1. The van der Waals surface area contributed by atoms with Gasteiger partial charge in [-0.25, -0.2) is 0 Å². The average molecular weight is 538 g/mol. The number of carbonyl (C=O) groups is 1. The van der Waals surface area contributed by atoms with Crippen molar-refractivity contribution in [3.8, 4) is 11.5 Å². The van der Waals surface area contributed by atoms with Gasteiger partial charge < -0.3 is 20.6 Å². The van der Waals surface area contributed by atoms with E-state index in [1.54, 1.807) is 24.3 Å². The Balaban J connectivity index is 1.86. The van der Waals surface area contributed by atoms with E-state index in [2.05, 4.69) is 53.1 Å². The fourth-order valence-electron chi connectivity index (χ4n) is 2.20. The van der Waals surface area contributed by atoms with E-state index in [9.17, 15) is 20.1 Å². The summed E-state index contributed by atoms with van der Waals surface area (Å²) in [6.45, 7) is 0.360. The summed E-state index contributed by atoms with van der Waals surface area (Å²) < 4.78 is 1.66. The number of aliphatic hydroxyl groups excluding tert-OH is 1. The minimum absolute atomic E-state index is 0.105. The number of phenolic OH excluding ortho intramolecular Hbond substituents is 2. The van der Waals surface area contributed by atoms with Gasteiger partial charge in [0.2, 0.25) is 5.91 Å². The van der Waals surface area contributed by atoms with Crippen LogP contribution in [0.15, 0.2) is 43.7 Å². The van der Waals surface area contributed by atoms with E-state index in [4.69, 9.17) is 0 Å². The van der Waals surface area contributed by atoms with E-state index >= 15 is 0 Å². The minimum Gasteiger partial charge on any atom is -0.507 e. The standard InChI is InChI=1S/C17H16Br3NO4/c18-11-5-9(1-2-14(11)22)8-15(23)17(25)21-4-3-10-6-12(19)16(24)13(20)7-10/h1-2,5-7,15,22-24H,3-4,8H2,(H,21,25)/t15-/m0/s1. The van der Waals surface area contributed by atoms with E-state index in [1.807, 2.05) is 0 Å². The predicted octanol–water partition coefficient (Wildman–Crippen LogP) is 3.65. The van der Waals surface area contributed by atoms with Crippen LogP contribution in [0.5, 0.6) is 11.5 Å². The Morgan fingerprint density at radius 2 is 1.60 bits per heavy atom. The Hall–Kier alpha value is -1.09. The normalized spacial score (nSPS) is 12.0. The lowest BCUT2D eigenvalue weighted by Gasteiger charge is -2.12. The highest BCUT2D eigenvalue weighted by atomic mass is 79.9. The van der Waals surface area contributed by atoms with Crippen molar-refractivity contribution in [2.24, 2.45) is 0 Å². The molecule has 2 aromatic rings. The maximum absolute atomic E-state index is 12.0. The molecule has 5 nitrogen and oxygen atoms in total. The molecule has 0 fully saturated rings. The highest BCUT2D eigenvalue weighted by Crippen LogP contribution is 2.33. The second kappa shape index (κ2) is 9.02. The Morgan fingerprint density at radius 3 is 2.20 bits per heavy atom. The number of aromatic hydroxyl groups is 2. The van der Waals surface area contributed by atoms with Crippen LogP contribution in [0.25, 0.3) is 0 Å². The molecule has 0 radical (unpaired) electrons. The molecule has 1 atom stereocenters. The molecule has 0 aliphatic rings. The molecule has 0 aliphatic heterocycles. The maximum atomic E-state index is 12.0. The predicted molar refractivity (Wildman–Crippen MR) is 106 cm³/mol. The molecule has 0 saturated heterocycles. The van der Waals surface area contributed by atoms with Crippen molar-refractivity contribution < 1.29 is 20.1 Å². The maximum Gasteiger partial charge on any atom is 0.249 e. The molecule has 0 spiro atoms. The number of halogens is 3. The van der Waals surface area contributed by atoms with Crippen molar-refractivity contribution in [3.63, 3.8) is 0 Å². The third-order valence-electron chi connectivity index (χ3n) is 3.53. The van der Waals surface area contributed by atoms with Crippen molar-refractivity contribution in [1.82, 2.24) is 5.32 Å². The monoisotopic (exact) mass is 535 g/mol. The highest BCUT2D eigenvalue weighted by Gasteiger charge is 2.16. The van der Waals surface area contributed by atoms with E-state index in [-0.39, 0.29) is 17.9 Å². The molecular formula is C17H16Br3NO4. The quantitative estimate of drug-likeness (QED) is 0.453. The van der Waals surface area contributed by atoms with Crippen LogP contribution in [0.4, 0.5) is 0 Å². The summed E-state index contributed by atoms with van der Waals surface area (Å²) in [5, 5.41) is 31.8. The zero-order valence-electron chi connectivity index (χ0n) is 13.0. The summed E-state index contributed by atoms with van der Waals surface area (Å²) in [7, 11) is 0. The first kappa shape index (κ1) is 20.2. The zero-order chi connectivity index (χ0) is 18.6. The zero-order valence-corrected chi connectivity index (χ0v) is 17.7. The first-order valence-corrected chi connectivity index (χ1v) is 9.76. The van der Waals surface area contributed by atoms with Gasteiger partial charge in [0.1, 0.15) is 17.6 Å². The van der Waals surface area contributed by atoms with Crippen LogP contribution in [0.3, 0.4) is 0 Å². The summed E-state index contributed by atoms with van der Waals surface area (Å²) in [5.41, 5.74) is 1.66. The van der Waals surface area contributed by atoms with E-state index < -0.39 is 12.0 Å². The molecule has 1 amide bonds. The van der Waals surface area contributed by atoms with Crippen molar-refractivity contribution in [1.29, 1.82) is 0 Å². The second-order valence-corrected chi connectivity index (χ2v) is 8.02. The van der Waals surface area contributed by atoms with E-state index in [0.29, 0.717) is 26.4 Å². The summed E-state index contributed by atoms with van der Waals surface area (Å²) in [5.74, 6) is -0.224. The molecule has 2 aromatic carbocycles. The summed E-state index contributed by atoms with van der Waals surface area (Å²) in [6, 6.07) is 8.37. The lowest BCUT2D eigenvalue weighted by molar-refractivity contribution is -0.129. The Kier molecular flexibility index (Phi) is 7.30. The van der Waals surface area contributed by atoms with Crippen molar-refractivity contribution >= 4 is 53.7 Å². The summed E-state index contributed by atoms with van der Waals surface area (Å²) in [6.07, 6.45) is -0.462. The molecule has 4 N–H and O–H groups in total. The van der Waals surface area contributed by atoms with Crippen LogP contribution in [0.1, 0.15) is 11.1 Å². The Morgan fingerprint density at radius 1 is 1.00 bits per heavy atom. The van der Waals surface area contributed by atoms with Crippen LogP contribution in [0.2, 0.25) is 0 Å². The number of amides is 1. The van der Waals surface area contributed by atoms with Gasteiger partial charge in [0, 0.05) is 13.0 Å². The number of carbonyl (C=O) groups excluding carboxylic acids is 1. The summed E-state index contributed by atoms with van der Waals surface area (Å²) >= 11 is 9.72. The second-order valence-electron chi connectivity index (χ2n) is 5.45. The first-order valence-electron chi connectivity index (χ1n) is 7.38.